The molecule has 3 atom stereocenters. The van der Waals surface area contributed by atoms with Crippen LogP contribution >= 0.6 is 0 Å². The quantitative estimate of drug-likeness (QED) is 0.434. The Bertz CT molecular complexity index is 1020. The molecule has 186 valence electrons. The van der Waals surface area contributed by atoms with E-state index in [2.05, 4.69) is 34.9 Å². The number of carboxylic acids is 1. The molecule has 2 amide bonds. The zero-order chi connectivity index (χ0) is 24.8. The maximum Gasteiger partial charge on any atom is 0.407 e. The Morgan fingerprint density at radius 1 is 1.00 bits per heavy atom. The van der Waals surface area contributed by atoms with Gasteiger partial charge in [0.15, 0.2) is 0 Å². The molecule has 3 N–H and O–H groups in total. The van der Waals surface area contributed by atoms with Crippen LogP contribution in [0, 0.1) is 17.8 Å². The second-order valence-corrected chi connectivity index (χ2v) is 9.68. The first-order valence-electron chi connectivity index (χ1n) is 12.5. The molecule has 0 aliphatic heterocycles. The summed E-state index contributed by atoms with van der Waals surface area (Å²) >= 11 is 0. The number of carbonyl (C=O) groups excluding carboxylic acids is 2. The van der Waals surface area contributed by atoms with Gasteiger partial charge in [0, 0.05) is 24.9 Å². The summed E-state index contributed by atoms with van der Waals surface area (Å²) in [7, 11) is 0. The minimum atomic E-state index is -0.813. The van der Waals surface area contributed by atoms with Gasteiger partial charge >= 0.3 is 12.1 Å². The van der Waals surface area contributed by atoms with Crippen molar-refractivity contribution < 1.29 is 24.2 Å². The fraction of sp³-hybridized carbons (Fsp3) is 0.464. The second kappa shape index (κ2) is 11.4. The van der Waals surface area contributed by atoms with E-state index in [0.717, 1.165) is 19.3 Å². The molecule has 0 radical (unpaired) electrons. The summed E-state index contributed by atoms with van der Waals surface area (Å²) in [6.07, 6.45) is 3.35. The molecular formula is C28H34N2O5. The number of carbonyl (C=O) groups is 3. The number of alkyl carbamates (subject to hydrolysis) is 1. The Morgan fingerprint density at radius 3 is 2.31 bits per heavy atom. The van der Waals surface area contributed by atoms with Gasteiger partial charge in [-0.15, -0.1) is 0 Å². The van der Waals surface area contributed by atoms with Crippen molar-refractivity contribution in [1.29, 1.82) is 0 Å². The summed E-state index contributed by atoms with van der Waals surface area (Å²) < 4.78 is 5.62. The van der Waals surface area contributed by atoms with Crippen molar-refractivity contribution in [3.63, 3.8) is 0 Å². The average Bonchev–Trinajstić information content (AvgIpc) is 3.46. The van der Waals surface area contributed by atoms with Crippen LogP contribution in [0.25, 0.3) is 11.1 Å². The molecule has 0 saturated heterocycles. The zero-order valence-electron chi connectivity index (χ0n) is 20.2. The van der Waals surface area contributed by atoms with Crippen LogP contribution in [-0.4, -0.2) is 42.8 Å². The summed E-state index contributed by atoms with van der Waals surface area (Å²) in [4.78, 5) is 36.1. The molecule has 0 bridgehead atoms. The third-order valence-electron chi connectivity index (χ3n) is 7.38. The Morgan fingerprint density at radius 2 is 1.66 bits per heavy atom. The first-order chi connectivity index (χ1) is 17.0. The molecule has 0 heterocycles. The molecular weight excluding hydrogens is 444 g/mol. The van der Waals surface area contributed by atoms with Gasteiger partial charge in [-0.2, -0.15) is 0 Å². The van der Waals surface area contributed by atoms with Gasteiger partial charge in [-0.25, -0.2) is 4.79 Å². The van der Waals surface area contributed by atoms with Gasteiger partial charge in [-0.3, -0.25) is 9.59 Å². The molecule has 4 rings (SSSR count). The number of aliphatic carboxylic acids is 1. The standard InChI is InChI=1S/C28H34N2O5/c1-18(27(32)33)8-7-15-29-26(31)20-14-6-9-19(20)16-30-28(34)35-17-25-23-12-4-2-10-21(23)22-11-3-5-13-24(22)25/h2-5,10-13,18-20,25H,6-9,14-17H2,1H3,(H,29,31)(H,30,34)(H,32,33). The van der Waals surface area contributed by atoms with Crippen LogP contribution in [0.15, 0.2) is 48.5 Å². The zero-order valence-corrected chi connectivity index (χ0v) is 20.2. The molecule has 2 aromatic rings. The maximum absolute atomic E-state index is 12.6. The predicted molar refractivity (Wildman–Crippen MR) is 133 cm³/mol. The summed E-state index contributed by atoms with van der Waals surface area (Å²) in [6, 6.07) is 16.5. The highest BCUT2D eigenvalue weighted by molar-refractivity contribution is 5.80. The molecule has 7 heteroatoms. The van der Waals surface area contributed by atoms with E-state index in [-0.39, 0.29) is 30.3 Å². The Balaban J connectivity index is 1.23. The molecule has 2 aliphatic rings. The minimum Gasteiger partial charge on any atom is -0.481 e. The normalized spacial score (nSPS) is 19.5. The van der Waals surface area contributed by atoms with Gasteiger partial charge in [0.2, 0.25) is 5.91 Å². The van der Waals surface area contributed by atoms with Crippen molar-refractivity contribution in [3.8, 4) is 11.1 Å². The van der Waals surface area contributed by atoms with Crippen molar-refractivity contribution >= 4 is 18.0 Å². The van der Waals surface area contributed by atoms with Crippen LogP contribution in [-0.2, 0) is 14.3 Å². The smallest absolute Gasteiger partial charge is 0.407 e. The van der Waals surface area contributed by atoms with Gasteiger partial charge in [-0.05, 0) is 53.9 Å². The lowest BCUT2D eigenvalue weighted by Crippen LogP contribution is -2.38. The molecule has 1 saturated carbocycles. The SMILES string of the molecule is CC(CCCNC(=O)C1CCCC1CNC(=O)OCC1c2ccccc2-c2ccccc21)C(=O)O. The van der Waals surface area contributed by atoms with E-state index < -0.39 is 18.0 Å². The molecule has 3 unspecified atom stereocenters. The highest BCUT2D eigenvalue weighted by Crippen LogP contribution is 2.44. The second-order valence-electron chi connectivity index (χ2n) is 9.68. The molecule has 2 aromatic carbocycles. The van der Waals surface area contributed by atoms with E-state index in [0.29, 0.717) is 25.9 Å². The van der Waals surface area contributed by atoms with Crippen molar-refractivity contribution in [1.82, 2.24) is 10.6 Å². The van der Waals surface area contributed by atoms with Crippen LogP contribution in [0.5, 0.6) is 0 Å². The number of nitrogens with one attached hydrogen (secondary N) is 2. The topological polar surface area (TPSA) is 105 Å². The monoisotopic (exact) mass is 478 g/mol. The fourth-order valence-corrected chi connectivity index (χ4v) is 5.36. The van der Waals surface area contributed by atoms with Gasteiger partial charge in [0.25, 0.3) is 0 Å². The molecule has 7 nitrogen and oxygen atoms in total. The molecule has 0 spiro atoms. The lowest BCUT2D eigenvalue weighted by atomic mass is 9.95. The van der Waals surface area contributed by atoms with E-state index in [1.807, 2.05) is 24.3 Å². The number of hydrogen-bond donors (Lipinski definition) is 3. The highest BCUT2D eigenvalue weighted by Gasteiger charge is 2.33. The van der Waals surface area contributed by atoms with Crippen LogP contribution in [0.4, 0.5) is 4.79 Å². The van der Waals surface area contributed by atoms with E-state index in [9.17, 15) is 14.4 Å². The summed E-state index contributed by atoms with van der Waals surface area (Å²) in [5, 5.41) is 14.8. The van der Waals surface area contributed by atoms with Gasteiger partial charge in [-0.1, -0.05) is 61.9 Å². The summed E-state index contributed by atoms with van der Waals surface area (Å²) in [6.45, 7) is 2.82. The predicted octanol–water partition coefficient (Wildman–Crippen LogP) is 4.56. The van der Waals surface area contributed by atoms with Crippen LogP contribution in [0.1, 0.15) is 56.1 Å². The molecule has 1 fully saturated rings. The van der Waals surface area contributed by atoms with Crippen LogP contribution < -0.4 is 10.6 Å². The highest BCUT2D eigenvalue weighted by atomic mass is 16.5. The van der Waals surface area contributed by atoms with Crippen LogP contribution in [0.3, 0.4) is 0 Å². The number of carboxylic acid groups (broad SMARTS) is 1. The van der Waals surface area contributed by atoms with Crippen molar-refractivity contribution in [2.24, 2.45) is 17.8 Å². The number of fused-ring (bicyclic) bond motifs is 3. The summed E-state index contributed by atoms with van der Waals surface area (Å²) in [5.41, 5.74) is 4.72. The van der Waals surface area contributed by atoms with Gasteiger partial charge in [0.1, 0.15) is 6.61 Å². The van der Waals surface area contributed by atoms with E-state index in [1.165, 1.54) is 22.3 Å². The molecule has 2 aliphatic carbocycles. The Hall–Kier alpha value is -3.35. The fourth-order valence-electron chi connectivity index (χ4n) is 5.36. The first kappa shape index (κ1) is 24.8. The van der Waals surface area contributed by atoms with Gasteiger partial charge in [0.05, 0.1) is 5.92 Å². The lowest BCUT2D eigenvalue weighted by Gasteiger charge is -2.20. The van der Waals surface area contributed by atoms with Crippen molar-refractivity contribution in [2.75, 3.05) is 19.7 Å². The van der Waals surface area contributed by atoms with Crippen molar-refractivity contribution in [3.05, 3.63) is 59.7 Å². The van der Waals surface area contributed by atoms with E-state index >= 15 is 0 Å². The largest absolute Gasteiger partial charge is 0.481 e. The molecule has 0 aromatic heterocycles. The Labute approximate surface area is 206 Å². The number of amides is 2. The number of rotatable bonds is 10. The Kier molecular flexibility index (Phi) is 8.06. The van der Waals surface area contributed by atoms with Crippen LogP contribution in [0.2, 0.25) is 0 Å². The van der Waals surface area contributed by atoms with E-state index in [4.69, 9.17) is 9.84 Å². The third-order valence-corrected chi connectivity index (χ3v) is 7.38. The number of ether oxygens (including phenoxy) is 1. The number of benzene rings is 2. The third kappa shape index (κ3) is 5.84. The minimum absolute atomic E-state index is 0.00943. The lowest BCUT2D eigenvalue weighted by molar-refractivity contribution is -0.141. The maximum atomic E-state index is 12.6. The van der Waals surface area contributed by atoms with E-state index in [1.54, 1.807) is 6.92 Å². The first-order valence-corrected chi connectivity index (χ1v) is 12.5. The van der Waals surface area contributed by atoms with Crippen molar-refractivity contribution in [2.45, 2.75) is 44.9 Å². The summed E-state index contributed by atoms with van der Waals surface area (Å²) in [5.74, 6) is -1.28. The van der Waals surface area contributed by atoms with Gasteiger partial charge < -0.3 is 20.5 Å². The molecule has 35 heavy (non-hydrogen) atoms. The average molecular weight is 479 g/mol. The number of hydrogen-bond acceptors (Lipinski definition) is 4.